The fourth-order valence-corrected chi connectivity index (χ4v) is 1.14. The van der Waals surface area contributed by atoms with Gasteiger partial charge < -0.3 is 4.74 Å². The molecule has 0 amide bonds. The minimum Gasteiger partial charge on any atom is -0.379 e. The Hall–Kier alpha value is -0.900. The lowest BCUT2D eigenvalue weighted by molar-refractivity contribution is 0.184. The van der Waals surface area contributed by atoms with Crippen molar-refractivity contribution in [3.05, 3.63) is 12.4 Å². The van der Waals surface area contributed by atoms with Crippen LogP contribution in [0.15, 0.2) is 12.4 Å². The zero-order valence-electron chi connectivity index (χ0n) is 5.60. The highest BCUT2D eigenvalue weighted by Crippen LogP contribution is 2.15. The Morgan fingerprint density at radius 2 is 2.60 bits per heavy atom. The molecule has 0 aromatic carbocycles. The molecule has 0 N–H and O–H groups in total. The first-order valence-electron chi connectivity index (χ1n) is 3.40. The molecule has 0 bridgehead atoms. The molecule has 0 aliphatic carbocycles. The summed E-state index contributed by atoms with van der Waals surface area (Å²) in [6.45, 7) is 1.63. The standard InChI is InChI=1S/C6H9N3O/c1-4-10-5-6(1)9-3-2-7-8-9/h2-3,6H,1,4-5H2. The van der Waals surface area contributed by atoms with Crippen molar-refractivity contribution in [3.63, 3.8) is 0 Å². The molecule has 4 nitrogen and oxygen atoms in total. The fourth-order valence-electron chi connectivity index (χ4n) is 1.14. The molecule has 10 heavy (non-hydrogen) atoms. The summed E-state index contributed by atoms with van der Waals surface area (Å²) in [5.74, 6) is 0. The number of aromatic nitrogens is 3. The summed E-state index contributed by atoms with van der Waals surface area (Å²) in [6, 6.07) is 0.419. The summed E-state index contributed by atoms with van der Waals surface area (Å²) in [4.78, 5) is 0. The quantitative estimate of drug-likeness (QED) is 0.559. The molecule has 1 aliphatic heterocycles. The summed E-state index contributed by atoms with van der Waals surface area (Å²) in [5.41, 5.74) is 0. The molecule has 1 fully saturated rings. The van der Waals surface area contributed by atoms with Gasteiger partial charge in [-0.15, -0.1) is 5.10 Å². The lowest BCUT2D eigenvalue weighted by atomic mass is 10.3. The molecule has 0 saturated carbocycles. The fraction of sp³-hybridized carbons (Fsp3) is 0.667. The summed E-state index contributed by atoms with van der Waals surface area (Å²) in [5, 5.41) is 7.61. The van der Waals surface area contributed by atoms with Gasteiger partial charge in [0, 0.05) is 12.8 Å². The van der Waals surface area contributed by atoms with Gasteiger partial charge in [0.15, 0.2) is 0 Å². The van der Waals surface area contributed by atoms with E-state index in [1.807, 2.05) is 10.9 Å². The van der Waals surface area contributed by atoms with Crippen molar-refractivity contribution in [1.29, 1.82) is 0 Å². The van der Waals surface area contributed by atoms with Crippen LogP contribution in [0.1, 0.15) is 12.5 Å². The Kier molecular flexibility index (Phi) is 1.39. The molecule has 0 spiro atoms. The third-order valence-electron chi connectivity index (χ3n) is 1.72. The molecule has 2 rings (SSSR count). The highest BCUT2D eigenvalue weighted by molar-refractivity contribution is 4.74. The molecule has 1 aliphatic rings. The van der Waals surface area contributed by atoms with E-state index in [0.29, 0.717) is 6.04 Å². The zero-order valence-corrected chi connectivity index (χ0v) is 5.60. The van der Waals surface area contributed by atoms with Gasteiger partial charge in [-0.25, -0.2) is 4.68 Å². The van der Waals surface area contributed by atoms with Crippen molar-refractivity contribution in [2.24, 2.45) is 0 Å². The van der Waals surface area contributed by atoms with Crippen LogP contribution in [-0.2, 0) is 4.74 Å². The van der Waals surface area contributed by atoms with Gasteiger partial charge in [0.2, 0.25) is 0 Å². The van der Waals surface area contributed by atoms with E-state index in [1.54, 1.807) is 6.20 Å². The summed E-state index contributed by atoms with van der Waals surface area (Å²) < 4.78 is 7.05. The Balaban J connectivity index is 2.12. The molecule has 1 atom stereocenters. The first kappa shape index (κ1) is 5.85. The van der Waals surface area contributed by atoms with Crippen LogP contribution in [0.3, 0.4) is 0 Å². The first-order chi connectivity index (χ1) is 4.97. The highest BCUT2D eigenvalue weighted by atomic mass is 16.5. The van der Waals surface area contributed by atoms with Crippen LogP contribution in [0.2, 0.25) is 0 Å². The molecular formula is C6H9N3O. The molecule has 1 unspecified atom stereocenters. The monoisotopic (exact) mass is 139 g/mol. The largest absolute Gasteiger partial charge is 0.379 e. The number of ether oxygens (including phenoxy) is 1. The number of hydrogen-bond acceptors (Lipinski definition) is 3. The van der Waals surface area contributed by atoms with Gasteiger partial charge in [-0.3, -0.25) is 0 Å². The number of rotatable bonds is 1. The van der Waals surface area contributed by atoms with Gasteiger partial charge in [0.25, 0.3) is 0 Å². The highest BCUT2D eigenvalue weighted by Gasteiger charge is 2.17. The van der Waals surface area contributed by atoms with Crippen LogP contribution in [0, 0.1) is 0 Å². The van der Waals surface area contributed by atoms with Crippen LogP contribution < -0.4 is 0 Å². The van der Waals surface area contributed by atoms with Gasteiger partial charge >= 0.3 is 0 Å². The lowest BCUT2D eigenvalue weighted by Crippen LogP contribution is -2.08. The predicted octanol–water partition coefficient (Wildman–Crippen LogP) is 0.239. The maximum Gasteiger partial charge on any atom is 0.0792 e. The van der Waals surface area contributed by atoms with Crippen molar-refractivity contribution < 1.29 is 4.74 Å². The van der Waals surface area contributed by atoms with E-state index >= 15 is 0 Å². The van der Waals surface area contributed by atoms with Gasteiger partial charge in [0.1, 0.15) is 0 Å². The molecule has 4 heteroatoms. The topological polar surface area (TPSA) is 39.9 Å². The van der Waals surface area contributed by atoms with Gasteiger partial charge in [-0.1, -0.05) is 5.21 Å². The van der Waals surface area contributed by atoms with E-state index in [4.69, 9.17) is 4.74 Å². The van der Waals surface area contributed by atoms with Crippen molar-refractivity contribution in [3.8, 4) is 0 Å². The van der Waals surface area contributed by atoms with Gasteiger partial charge in [0.05, 0.1) is 18.8 Å². The smallest absolute Gasteiger partial charge is 0.0792 e. The maximum absolute atomic E-state index is 5.19. The van der Waals surface area contributed by atoms with Crippen molar-refractivity contribution in [2.75, 3.05) is 13.2 Å². The molecule has 2 heterocycles. The number of nitrogens with zero attached hydrogens (tertiary/aromatic N) is 3. The average molecular weight is 139 g/mol. The summed E-state index contributed by atoms with van der Waals surface area (Å²) in [6.07, 6.45) is 4.63. The van der Waals surface area contributed by atoms with E-state index in [9.17, 15) is 0 Å². The third kappa shape index (κ3) is 0.903. The second-order valence-corrected chi connectivity index (χ2v) is 2.40. The zero-order chi connectivity index (χ0) is 6.81. The normalized spacial score (nSPS) is 25.4. The van der Waals surface area contributed by atoms with Crippen molar-refractivity contribution >= 4 is 0 Å². The van der Waals surface area contributed by atoms with E-state index in [0.717, 1.165) is 19.6 Å². The maximum atomic E-state index is 5.19. The summed E-state index contributed by atoms with van der Waals surface area (Å²) in [7, 11) is 0. The minimum absolute atomic E-state index is 0.419. The molecule has 0 radical (unpaired) electrons. The Morgan fingerprint density at radius 1 is 1.60 bits per heavy atom. The number of hydrogen-bond donors (Lipinski definition) is 0. The predicted molar refractivity (Wildman–Crippen MR) is 34.5 cm³/mol. The van der Waals surface area contributed by atoms with Crippen LogP contribution >= 0.6 is 0 Å². The average Bonchev–Trinajstić information content (AvgIpc) is 2.59. The second kappa shape index (κ2) is 2.38. The molecule has 1 aromatic heterocycles. The Bertz CT molecular complexity index is 191. The Morgan fingerprint density at radius 3 is 3.20 bits per heavy atom. The van der Waals surface area contributed by atoms with Crippen molar-refractivity contribution in [1.82, 2.24) is 15.0 Å². The van der Waals surface area contributed by atoms with Gasteiger partial charge in [-0.05, 0) is 6.42 Å². The molecule has 1 saturated heterocycles. The minimum atomic E-state index is 0.419. The van der Waals surface area contributed by atoms with Crippen LogP contribution in [-0.4, -0.2) is 28.2 Å². The third-order valence-corrected chi connectivity index (χ3v) is 1.72. The lowest BCUT2D eigenvalue weighted by Gasteiger charge is -2.04. The van der Waals surface area contributed by atoms with E-state index < -0.39 is 0 Å². The van der Waals surface area contributed by atoms with Crippen LogP contribution in [0.5, 0.6) is 0 Å². The van der Waals surface area contributed by atoms with Crippen LogP contribution in [0.4, 0.5) is 0 Å². The molecule has 1 aromatic rings. The van der Waals surface area contributed by atoms with E-state index in [1.165, 1.54) is 0 Å². The van der Waals surface area contributed by atoms with E-state index in [-0.39, 0.29) is 0 Å². The first-order valence-corrected chi connectivity index (χ1v) is 3.40. The molecular weight excluding hydrogens is 130 g/mol. The Labute approximate surface area is 58.8 Å². The second-order valence-electron chi connectivity index (χ2n) is 2.40. The van der Waals surface area contributed by atoms with Crippen LogP contribution in [0.25, 0.3) is 0 Å². The summed E-state index contributed by atoms with van der Waals surface area (Å²) >= 11 is 0. The van der Waals surface area contributed by atoms with E-state index in [2.05, 4.69) is 10.3 Å². The van der Waals surface area contributed by atoms with Crippen molar-refractivity contribution in [2.45, 2.75) is 12.5 Å². The van der Waals surface area contributed by atoms with Gasteiger partial charge in [-0.2, -0.15) is 0 Å². The SMILES string of the molecule is c1cn(C2CCOC2)nn1. The molecule has 54 valence electrons.